The monoisotopic (exact) mass is 410 g/mol. The molecule has 1 saturated carbocycles. The highest BCUT2D eigenvalue weighted by molar-refractivity contribution is 5.80. The number of amides is 1. The second-order valence-corrected chi connectivity index (χ2v) is 8.65. The van der Waals surface area contributed by atoms with Crippen LogP contribution < -0.4 is 5.32 Å². The number of ether oxygens (including phenoxy) is 2. The topological polar surface area (TPSA) is 83.5 Å². The normalized spacial score (nSPS) is 18.4. The van der Waals surface area contributed by atoms with Crippen molar-refractivity contribution >= 4 is 18.0 Å². The Morgan fingerprint density at radius 3 is 2.31 bits per heavy atom. The van der Waals surface area contributed by atoms with Crippen molar-refractivity contribution in [3.63, 3.8) is 0 Å². The van der Waals surface area contributed by atoms with Gasteiger partial charge in [-0.25, -0.2) is 4.79 Å². The number of carbonyl (C=O) groups is 2. The number of hydrogen-bond acceptors (Lipinski definition) is 5. The van der Waals surface area contributed by atoms with Gasteiger partial charge in [-0.3, -0.25) is 9.79 Å². The van der Waals surface area contributed by atoms with Gasteiger partial charge in [-0.05, 0) is 60.3 Å². The molecule has 8 nitrogen and oxygen atoms in total. The molecule has 0 radical (unpaired) electrons. The Balaban J connectivity index is 1.89. The van der Waals surface area contributed by atoms with Crippen LogP contribution in [0, 0.1) is 5.92 Å². The van der Waals surface area contributed by atoms with Gasteiger partial charge in [0.15, 0.2) is 5.96 Å². The molecule has 1 aliphatic heterocycles. The van der Waals surface area contributed by atoms with Gasteiger partial charge in [0.25, 0.3) is 0 Å². The van der Waals surface area contributed by atoms with Crippen molar-refractivity contribution in [1.82, 2.24) is 15.1 Å². The minimum Gasteiger partial charge on any atom is -0.466 e. The quantitative estimate of drug-likeness (QED) is 0.395. The van der Waals surface area contributed by atoms with Crippen LogP contribution in [0.1, 0.15) is 60.3 Å². The standard InChI is InChI=1S/C21H38N4O4/c1-6-22-19(24-13-10-16(11-14-24)18(26)28-7-2)23-12-15-25(17-8-9-17)20(27)29-21(3,4)5/h16-17H,6-15H2,1-5H3,(H,22,23). The van der Waals surface area contributed by atoms with Crippen molar-refractivity contribution in [3.05, 3.63) is 0 Å². The maximum Gasteiger partial charge on any atom is 0.410 e. The van der Waals surface area contributed by atoms with E-state index in [1.54, 1.807) is 0 Å². The van der Waals surface area contributed by atoms with E-state index < -0.39 is 5.60 Å². The van der Waals surface area contributed by atoms with E-state index in [0.717, 1.165) is 51.3 Å². The second-order valence-electron chi connectivity index (χ2n) is 8.65. The van der Waals surface area contributed by atoms with Gasteiger partial charge >= 0.3 is 12.1 Å². The molecule has 0 bridgehead atoms. The summed E-state index contributed by atoms with van der Waals surface area (Å²) < 4.78 is 10.7. The second kappa shape index (κ2) is 10.7. The Morgan fingerprint density at radius 1 is 1.14 bits per heavy atom. The number of rotatable bonds is 7. The molecule has 1 amide bonds. The fraction of sp³-hybridized carbons (Fsp3) is 0.857. The smallest absolute Gasteiger partial charge is 0.410 e. The Kier molecular flexibility index (Phi) is 8.59. The lowest BCUT2D eigenvalue weighted by molar-refractivity contribution is -0.149. The van der Waals surface area contributed by atoms with E-state index in [9.17, 15) is 9.59 Å². The van der Waals surface area contributed by atoms with Crippen LogP contribution in [0.3, 0.4) is 0 Å². The highest BCUT2D eigenvalue weighted by atomic mass is 16.6. The van der Waals surface area contributed by atoms with Crippen LogP contribution in [0.2, 0.25) is 0 Å². The first-order valence-corrected chi connectivity index (χ1v) is 10.9. The molecule has 0 spiro atoms. The Bertz CT molecular complexity index is 576. The zero-order valence-electron chi connectivity index (χ0n) is 18.7. The minimum atomic E-state index is -0.494. The van der Waals surface area contributed by atoms with E-state index >= 15 is 0 Å². The maximum absolute atomic E-state index is 12.5. The van der Waals surface area contributed by atoms with Crippen LogP contribution in [0.4, 0.5) is 4.79 Å². The van der Waals surface area contributed by atoms with Crippen molar-refractivity contribution in [2.24, 2.45) is 10.9 Å². The predicted molar refractivity (Wildman–Crippen MR) is 113 cm³/mol. The Morgan fingerprint density at radius 2 is 1.79 bits per heavy atom. The average Bonchev–Trinajstić information content (AvgIpc) is 3.48. The first kappa shape index (κ1) is 23.3. The lowest BCUT2D eigenvalue weighted by atomic mass is 9.97. The van der Waals surface area contributed by atoms with Gasteiger partial charge in [-0.1, -0.05) is 0 Å². The number of piperidine rings is 1. The summed E-state index contributed by atoms with van der Waals surface area (Å²) in [7, 11) is 0. The summed E-state index contributed by atoms with van der Waals surface area (Å²) in [5.41, 5.74) is -0.494. The summed E-state index contributed by atoms with van der Waals surface area (Å²) in [4.78, 5) is 33.2. The average molecular weight is 411 g/mol. The molecule has 2 aliphatic rings. The molecule has 1 aliphatic carbocycles. The van der Waals surface area contributed by atoms with E-state index in [2.05, 4.69) is 10.2 Å². The first-order chi connectivity index (χ1) is 13.7. The van der Waals surface area contributed by atoms with Gasteiger partial charge in [-0.15, -0.1) is 0 Å². The maximum atomic E-state index is 12.5. The number of likely N-dealkylation sites (tertiary alicyclic amines) is 1. The van der Waals surface area contributed by atoms with Gasteiger partial charge < -0.3 is 24.6 Å². The molecule has 0 aromatic rings. The number of nitrogens with zero attached hydrogens (tertiary/aromatic N) is 3. The van der Waals surface area contributed by atoms with Crippen LogP contribution in [-0.2, 0) is 14.3 Å². The number of aliphatic imine (C=N–C) groups is 1. The molecular weight excluding hydrogens is 372 g/mol. The molecule has 0 atom stereocenters. The highest BCUT2D eigenvalue weighted by Gasteiger charge is 2.35. The van der Waals surface area contributed by atoms with E-state index in [4.69, 9.17) is 14.5 Å². The minimum absolute atomic E-state index is 0.0217. The van der Waals surface area contributed by atoms with Gasteiger partial charge in [0.2, 0.25) is 0 Å². The zero-order valence-corrected chi connectivity index (χ0v) is 18.7. The molecule has 1 heterocycles. The third kappa shape index (κ3) is 7.74. The summed E-state index contributed by atoms with van der Waals surface area (Å²) >= 11 is 0. The SMILES string of the molecule is CCNC(=NCCN(C(=O)OC(C)(C)C)C1CC1)N1CCC(C(=O)OCC)CC1. The van der Waals surface area contributed by atoms with Gasteiger partial charge in [-0.2, -0.15) is 0 Å². The summed E-state index contributed by atoms with van der Waals surface area (Å²) in [6.45, 7) is 13.4. The molecule has 0 unspecified atom stereocenters. The van der Waals surface area contributed by atoms with Crippen LogP contribution in [0.25, 0.3) is 0 Å². The third-order valence-corrected chi connectivity index (χ3v) is 4.97. The van der Waals surface area contributed by atoms with E-state index in [1.165, 1.54) is 0 Å². The molecule has 2 rings (SSSR count). The van der Waals surface area contributed by atoms with Gasteiger partial charge in [0.05, 0.1) is 19.1 Å². The number of guanidine groups is 1. The number of hydrogen-bond donors (Lipinski definition) is 1. The first-order valence-electron chi connectivity index (χ1n) is 10.9. The zero-order chi connectivity index (χ0) is 21.4. The fourth-order valence-electron chi connectivity index (χ4n) is 3.41. The molecule has 0 aromatic heterocycles. The van der Waals surface area contributed by atoms with Crippen LogP contribution in [-0.4, -0.2) is 78.8 Å². The molecule has 2 fully saturated rings. The predicted octanol–water partition coefficient (Wildman–Crippen LogP) is 2.63. The molecular formula is C21H38N4O4. The Labute approximate surface area is 175 Å². The number of carbonyl (C=O) groups excluding carboxylic acids is 2. The molecule has 166 valence electrons. The lowest BCUT2D eigenvalue weighted by Crippen LogP contribution is -2.47. The van der Waals surface area contributed by atoms with Crippen LogP contribution >= 0.6 is 0 Å². The Hall–Kier alpha value is -1.99. The van der Waals surface area contributed by atoms with Crippen molar-refractivity contribution < 1.29 is 19.1 Å². The summed E-state index contributed by atoms with van der Waals surface area (Å²) in [6, 6.07) is 0.281. The molecule has 8 heteroatoms. The summed E-state index contributed by atoms with van der Waals surface area (Å²) in [5, 5.41) is 3.33. The lowest BCUT2D eigenvalue weighted by Gasteiger charge is -2.33. The highest BCUT2D eigenvalue weighted by Crippen LogP contribution is 2.28. The van der Waals surface area contributed by atoms with E-state index in [-0.39, 0.29) is 24.0 Å². The van der Waals surface area contributed by atoms with Crippen molar-refractivity contribution in [3.8, 4) is 0 Å². The van der Waals surface area contributed by atoms with Crippen molar-refractivity contribution in [2.75, 3.05) is 39.3 Å². The van der Waals surface area contributed by atoms with Crippen molar-refractivity contribution in [1.29, 1.82) is 0 Å². The molecule has 1 N–H and O–H groups in total. The summed E-state index contributed by atoms with van der Waals surface area (Å²) in [5.74, 6) is 0.730. The fourth-order valence-corrected chi connectivity index (χ4v) is 3.41. The van der Waals surface area contributed by atoms with E-state index in [1.807, 2.05) is 39.5 Å². The molecule has 1 saturated heterocycles. The number of esters is 1. The number of nitrogens with one attached hydrogen (secondary N) is 1. The van der Waals surface area contributed by atoms with Crippen LogP contribution in [0.15, 0.2) is 4.99 Å². The van der Waals surface area contributed by atoms with Crippen molar-refractivity contribution in [2.45, 2.75) is 71.9 Å². The molecule has 29 heavy (non-hydrogen) atoms. The van der Waals surface area contributed by atoms with Crippen LogP contribution in [0.5, 0.6) is 0 Å². The third-order valence-electron chi connectivity index (χ3n) is 4.97. The largest absolute Gasteiger partial charge is 0.466 e. The van der Waals surface area contributed by atoms with E-state index in [0.29, 0.717) is 19.7 Å². The molecule has 0 aromatic carbocycles. The van der Waals surface area contributed by atoms with Gasteiger partial charge in [0.1, 0.15) is 5.60 Å². The van der Waals surface area contributed by atoms with Gasteiger partial charge in [0, 0.05) is 32.2 Å². The summed E-state index contributed by atoms with van der Waals surface area (Å²) in [6.07, 6.45) is 3.36.